The highest BCUT2D eigenvalue weighted by Crippen LogP contribution is 2.25. The first-order chi connectivity index (χ1) is 11.3. The molecule has 0 saturated carbocycles. The average molecular weight is 317 g/mol. The quantitative estimate of drug-likeness (QED) is 0.887. The monoisotopic (exact) mass is 317 g/mol. The lowest BCUT2D eigenvalue weighted by molar-refractivity contribution is -0.122. The number of halogens is 1. The lowest BCUT2D eigenvalue weighted by Gasteiger charge is -2.22. The molecule has 1 amide bonds. The van der Waals surface area contributed by atoms with Crippen molar-refractivity contribution in [1.29, 1.82) is 0 Å². The number of hydrogen-bond donors (Lipinski definition) is 1. The number of fused-ring (bicyclic) bond motifs is 1. The third kappa shape index (κ3) is 3.96. The van der Waals surface area contributed by atoms with Crippen LogP contribution in [0.4, 0.5) is 4.39 Å². The second-order valence-electron chi connectivity index (χ2n) is 5.58. The summed E-state index contributed by atoms with van der Waals surface area (Å²) in [7, 11) is 0. The SMILES string of the molecule is O=C(CCF)NC[C@H]1OCCc2cn(Cc3ccccc3)nc21. The first-order valence-electron chi connectivity index (χ1n) is 7.80. The van der Waals surface area contributed by atoms with Gasteiger partial charge in [0.15, 0.2) is 0 Å². The third-order valence-electron chi connectivity index (χ3n) is 3.86. The molecule has 0 unspecified atom stereocenters. The molecule has 0 bridgehead atoms. The van der Waals surface area contributed by atoms with E-state index in [0.29, 0.717) is 19.7 Å². The van der Waals surface area contributed by atoms with Crippen LogP contribution in [0, 0.1) is 0 Å². The summed E-state index contributed by atoms with van der Waals surface area (Å²) in [6.07, 6.45) is 2.49. The number of ether oxygens (including phenoxy) is 1. The maximum atomic E-state index is 12.2. The standard InChI is InChI=1S/C17H20FN3O2/c18-8-6-16(22)19-10-15-17-14(7-9-23-15)12-21(20-17)11-13-4-2-1-3-5-13/h1-5,12,15H,6-11H2,(H,19,22)/t15-/m1/s1. The normalized spacial score (nSPS) is 16.8. The maximum Gasteiger partial charge on any atom is 0.222 e. The minimum absolute atomic E-state index is 0.109. The summed E-state index contributed by atoms with van der Waals surface area (Å²) in [5, 5.41) is 7.32. The predicted molar refractivity (Wildman–Crippen MR) is 83.8 cm³/mol. The molecule has 0 fully saturated rings. The zero-order valence-corrected chi connectivity index (χ0v) is 12.9. The van der Waals surface area contributed by atoms with Crippen molar-refractivity contribution < 1.29 is 13.9 Å². The number of nitrogens with zero attached hydrogens (tertiary/aromatic N) is 2. The van der Waals surface area contributed by atoms with E-state index in [2.05, 4.69) is 22.5 Å². The van der Waals surface area contributed by atoms with Crippen molar-refractivity contribution in [2.45, 2.75) is 25.5 Å². The highest BCUT2D eigenvalue weighted by molar-refractivity contribution is 5.75. The summed E-state index contributed by atoms with van der Waals surface area (Å²) in [4.78, 5) is 11.4. The predicted octanol–water partition coefficient (Wildman–Crippen LogP) is 2.02. The number of alkyl halides is 1. The number of benzene rings is 1. The smallest absolute Gasteiger partial charge is 0.222 e. The molecule has 2 aromatic rings. The van der Waals surface area contributed by atoms with Gasteiger partial charge in [-0.25, -0.2) is 0 Å². The van der Waals surface area contributed by atoms with Crippen molar-refractivity contribution in [3.8, 4) is 0 Å². The Balaban J connectivity index is 1.68. The van der Waals surface area contributed by atoms with Crippen LogP contribution in [-0.2, 0) is 22.5 Å². The Labute approximate surface area is 134 Å². The number of rotatable bonds is 6. The molecule has 0 spiro atoms. The van der Waals surface area contributed by atoms with E-state index in [1.54, 1.807) is 0 Å². The Morgan fingerprint density at radius 2 is 2.22 bits per heavy atom. The number of carbonyl (C=O) groups is 1. The van der Waals surface area contributed by atoms with Gasteiger partial charge in [0.25, 0.3) is 0 Å². The van der Waals surface area contributed by atoms with Gasteiger partial charge < -0.3 is 10.1 Å². The largest absolute Gasteiger partial charge is 0.370 e. The Morgan fingerprint density at radius 3 is 3.00 bits per heavy atom. The van der Waals surface area contributed by atoms with Crippen LogP contribution in [0.3, 0.4) is 0 Å². The molecule has 122 valence electrons. The van der Waals surface area contributed by atoms with Crippen molar-refractivity contribution in [2.75, 3.05) is 19.8 Å². The molecule has 1 aliphatic heterocycles. The van der Waals surface area contributed by atoms with Gasteiger partial charge in [0.2, 0.25) is 5.91 Å². The van der Waals surface area contributed by atoms with E-state index in [1.165, 1.54) is 5.56 Å². The van der Waals surface area contributed by atoms with Gasteiger partial charge in [-0.05, 0) is 17.5 Å². The number of amides is 1. The van der Waals surface area contributed by atoms with Crippen LogP contribution in [0.25, 0.3) is 0 Å². The van der Waals surface area contributed by atoms with Crippen LogP contribution in [0.1, 0.15) is 29.3 Å². The average Bonchev–Trinajstić information content (AvgIpc) is 2.97. The van der Waals surface area contributed by atoms with E-state index in [1.807, 2.05) is 29.1 Å². The fourth-order valence-electron chi connectivity index (χ4n) is 2.72. The van der Waals surface area contributed by atoms with Crippen molar-refractivity contribution >= 4 is 5.91 Å². The molecule has 2 heterocycles. The van der Waals surface area contributed by atoms with E-state index < -0.39 is 6.67 Å². The Morgan fingerprint density at radius 1 is 1.39 bits per heavy atom. The molecule has 6 heteroatoms. The van der Waals surface area contributed by atoms with Gasteiger partial charge in [0.05, 0.1) is 31.9 Å². The van der Waals surface area contributed by atoms with Crippen LogP contribution >= 0.6 is 0 Å². The third-order valence-corrected chi connectivity index (χ3v) is 3.86. The topological polar surface area (TPSA) is 56.1 Å². The van der Waals surface area contributed by atoms with Gasteiger partial charge in [0, 0.05) is 12.7 Å². The fraction of sp³-hybridized carbons (Fsp3) is 0.412. The molecule has 1 aromatic carbocycles. The molecule has 1 atom stereocenters. The number of carbonyl (C=O) groups excluding carboxylic acids is 1. The number of aromatic nitrogens is 2. The molecular formula is C17H20FN3O2. The molecule has 5 nitrogen and oxygen atoms in total. The van der Waals surface area contributed by atoms with Gasteiger partial charge in [0.1, 0.15) is 6.10 Å². The van der Waals surface area contributed by atoms with Gasteiger partial charge in [-0.3, -0.25) is 13.9 Å². The van der Waals surface area contributed by atoms with Gasteiger partial charge >= 0.3 is 0 Å². The van der Waals surface area contributed by atoms with Crippen LogP contribution in [-0.4, -0.2) is 35.5 Å². The Hall–Kier alpha value is -2.21. The summed E-state index contributed by atoms with van der Waals surface area (Å²) in [6, 6.07) is 10.1. The molecular weight excluding hydrogens is 297 g/mol. The fourth-order valence-corrected chi connectivity index (χ4v) is 2.72. The van der Waals surface area contributed by atoms with E-state index in [-0.39, 0.29) is 18.4 Å². The first kappa shape index (κ1) is 15.7. The van der Waals surface area contributed by atoms with Crippen molar-refractivity contribution in [3.05, 3.63) is 53.3 Å². The van der Waals surface area contributed by atoms with E-state index in [9.17, 15) is 9.18 Å². The van der Waals surface area contributed by atoms with E-state index in [4.69, 9.17) is 4.74 Å². The van der Waals surface area contributed by atoms with Crippen LogP contribution in [0.5, 0.6) is 0 Å². The summed E-state index contributed by atoms with van der Waals surface area (Å²) in [5.74, 6) is -0.299. The molecule has 0 aliphatic carbocycles. The molecule has 1 aliphatic rings. The molecule has 1 aromatic heterocycles. The second kappa shape index (κ2) is 7.37. The Kier molecular flexibility index (Phi) is 5.02. The number of nitrogens with one attached hydrogen (secondary N) is 1. The van der Waals surface area contributed by atoms with Crippen LogP contribution in [0.2, 0.25) is 0 Å². The molecule has 0 saturated heterocycles. The molecule has 23 heavy (non-hydrogen) atoms. The molecule has 3 rings (SSSR count). The summed E-state index contributed by atoms with van der Waals surface area (Å²) in [5.41, 5.74) is 3.20. The minimum Gasteiger partial charge on any atom is -0.370 e. The first-order valence-corrected chi connectivity index (χ1v) is 7.80. The van der Waals surface area contributed by atoms with E-state index in [0.717, 1.165) is 17.7 Å². The maximum absolute atomic E-state index is 12.2. The van der Waals surface area contributed by atoms with Crippen LogP contribution in [0.15, 0.2) is 36.5 Å². The van der Waals surface area contributed by atoms with Gasteiger partial charge in [-0.15, -0.1) is 0 Å². The summed E-state index contributed by atoms with van der Waals surface area (Å²) < 4.78 is 19.8. The lowest BCUT2D eigenvalue weighted by Crippen LogP contribution is -2.32. The number of hydrogen-bond acceptors (Lipinski definition) is 3. The van der Waals surface area contributed by atoms with Crippen molar-refractivity contribution in [1.82, 2.24) is 15.1 Å². The zero-order chi connectivity index (χ0) is 16.1. The zero-order valence-electron chi connectivity index (χ0n) is 12.9. The summed E-state index contributed by atoms with van der Waals surface area (Å²) >= 11 is 0. The molecule has 0 radical (unpaired) electrons. The van der Waals surface area contributed by atoms with Gasteiger partial charge in [-0.1, -0.05) is 30.3 Å². The molecule has 1 N–H and O–H groups in total. The Bertz CT molecular complexity index is 657. The lowest BCUT2D eigenvalue weighted by atomic mass is 10.1. The highest BCUT2D eigenvalue weighted by Gasteiger charge is 2.25. The van der Waals surface area contributed by atoms with Gasteiger partial charge in [-0.2, -0.15) is 5.10 Å². The van der Waals surface area contributed by atoms with E-state index >= 15 is 0 Å². The second-order valence-corrected chi connectivity index (χ2v) is 5.58. The highest BCUT2D eigenvalue weighted by atomic mass is 19.1. The minimum atomic E-state index is -0.645. The van der Waals surface area contributed by atoms with Crippen LogP contribution < -0.4 is 5.32 Å². The van der Waals surface area contributed by atoms with Crippen molar-refractivity contribution in [2.24, 2.45) is 0 Å². The van der Waals surface area contributed by atoms with Crippen molar-refractivity contribution in [3.63, 3.8) is 0 Å². The summed E-state index contributed by atoms with van der Waals surface area (Å²) in [6.45, 7) is 0.991.